The Hall–Kier alpha value is -2.15. The molecule has 0 radical (unpaired) electrons. The zero-order valence-electron chi connectivity index (χ0n) is 14.5. The Kier molecular flexibility index (Phi) is 4.24. The minimum atomic E-state index is 0.666. The van der Waals surface area contributed by atoms with Crippen molar-refractivity contribution >= 4 is 21.6 Å². The van der Waals surface area contributed by atoms with Crippen molar-refractivity contribution in [2.75, 3.05) is 32.9 Å². The van der Waals surface area contributed by atoms with Gasteiger partial charge >= 0.3 is 0 Å². The second kappa shape index (κ2) is 6.87. The van der Waals surface area contributed by atoms with Crippen molar-refractivity contribution in [2.45, 2.75) is 12.5 Å². The number of thiazole rings is 1. The van der Waals surface area contributed by atoms with Crippen molar-refractivity contribution < 1.29 is 9.47 Å². The fourth-order valence-corrected chi connectivity index (χ4v) is 4.58. The number of hydrogen-bond donors (Lipinski definition) is 0. The Morgan fingerprint density at radius 3 is 2.69 bits per heavy atom. The van der Waals surface area contributed by atoms with Gasteiger partial charge < -0.3 is 9.47 Å². The maximum atomic E-state index is 5.90. The van der Waals surface area contributed by atoms with Gasteiger partial charge in [0.2, 0.25) is 0 Å². The van der Waals surface area contributed by atoms with Crippen molar-refractivity contribution in [3.8, 4) is 16.7 Å². The van der Waals surface area contributed by atoms with Crippen molar-refractivity contribution in [1.29, 1.82) is 0 Å². The molecule has 0 amide bonds. The molecule has 2 atom stereocenters. The van der Waals surface area contributed by atoms with E-state index in [2.05, 4.69) is 20.9 Å². The van der Waals surface area contributed by atoms with Gasteiger partial charge in [0.1, 0.15) is 18.1 Å². The number of rotatable bonds is 6. The predicted octanol–water partition coefficient (Wildman–Crippen LogP) is 3.81. The Balaban J connectivity index is 1.15. The van der Waals surface area contributed by atoms with Gasteiger partial charge in [-0.05, 0) is 42.8 Å². The largest absolute Gasteiger partial charge is 0.492 e. The second-order valence-corrected chi connectivity index (χ2v) is 7.84. The van der Waals surface area contributed by atoms with Gasteiger partial charge in [0.15, 0.2) is 0 Å². The number of nitrogens with zero attached hydrogens (tertiary/aromatic N) is 3. The fourth-order valence-electron chi connectivity index (χ4n) is 3.74. The lowest BCUT2D eigenvalue weighted by Crippen LogP contribution is -2.38. The number of hydrogen-bond acceptors (Lipinski definition) is 6. The van der Waals surface area contributed by atoms with Crippen molar-refractivity contribution in [2.24, 2.45) is 0 Å². The van der Waals surface area contributed by atoms with Crippen molar-refractivity contribution in [3.05, 3.63) is 48.5 Å². The summed E-state index contributed by atoms with van der Waals surface area (Å²) in [5.74, 6) is 1.66. The maximum absolute atomic E-state index is 5.90. The lowest BCUT2D eigenvalue weighted by atomic mass is 10.2. The SMILES string of the molecule is c1ccc2sc(Oc3ccc(OCCN4CN5CC[C@H]4C5)cc3)nc2c1. The van der Waals surface area contributed by atoms with E-state index in [0.29, 0.717) is 5.19 Å². The molecule has 2 aromatic carbocycles. The summed E-state index contributed by atoms with van der Waals surface area (Å²) < 4.78 is 12.9. The molecule has 2 aliphatic rings. The van der Waals surface area contributed by atoms with Crippen LogP contribution in [0.5, 0.6) is 16.7 Å². The Morgan fingerprint density at radius 2 is 1.92 bits per heavy atom. The molecule has 6 heteroatoms. The molecule has 134 valence electrons. The van der Waals surface area contributed by atoms with Crippen LogP contribution in [0.25, 0.3) is 10.2 Å². The lowest BCUT2D eigenvalue weighted by molar-refractivity contribution is 0.146. The van der Waals surface area contributed by atoms with Gasteiger partial charge in [-0.2, -0.15) is 0 Å². The van der Waals surface area contributed by atoms with Crippen molar-refractivity contribution in [3.63, 3.8) is 0 Å². The van der Waals surface area contributed by atoms with Crippen LogP contribution in [0.3, 0.4) is 0 Å². The predicted molar refractivity (Wildman–Crippen MR) is 103 cm³/mol. The minimum Gasteiger partial charge on any atom is -0.492 e. The molecule has 5 nitrogen and oxygen atoms in total. The molecule has 1 unspecified atom stereocenters. The highest BCUT2D eigenvalue weighted by Gasteiger charge is 2.35. The summed E-state index contributed by atoms with van der Waals surface area (Å²) in [5, 5.41) is 0.666. The number of aromatic nitrogens is 1. The summed E-state index contributed by atoms with van der Waals surface area (Å²) in [6.07, 6.45) is 1.30. The summed E-state index contributed by atoms with van der Waals surface area (Å²) in [4.78, 5) is 9.53. The summed E-state index contributed by atoms with van der Waals surface area (Å²) in [7, 11) is 0. The van der Waals surface area contributed by atoms with E-state index in [-0.39, 0.29) is 0 Å². The molecule has 2 bridgehead atoms. The first-order valence-electron chi connectivity index (χ1n) is 9.06. The van der Waals surface area contributed by atoms with E-state index in [1.807, 2.05) is 42.5 Å². The summed E-state index contributed by atoms with van der Waals surface area (Å²) in [5.41, 5.74) is 0.972. The quantitative estimate of drug-likeness (QED) is 0.662. The van der Waals surface area contributed by atoms with Gasteiger partial charge in [-0.15, -0.1) is 0 Å². The first-order chi connectivity index (χ1) is 12.8. The summed E-state index contributed by atoms with van der Waals surface area (Å²) >= 11 is 1.56. The average Bonchev–Trinajstić information content (AvgIpc) is 3.38. The van der Waals surface area contributed by atoms with Crippen LogP contribution in [0.1, 0.15) is 6.42 Å². The highest BCUT2D eigenvalue weighted by molar-refractivity contribution is 7.20. The van der Waals surface area contributed by atoms with Gasteiger partial charge in [0.25, 0.3) is 5.19 Å². The molecule has 3 heterocycles. The monoisotopic (exact) mass is 367 g/mol. The number of fused-ring (bicyclic) bond motifs is 3. The number of benzene rings is 2. The van der Waals surface area contributed by atoms with E-state index < -0.39 is 0 Å². The molecule has 1 aromatic heterocycles. The van der Waals surface area contributed by atoms with E-state index >= 15 is 0 Å². The van der Waals surface area contributed by atoms with E-state index in [1.54, 1.807) is 11.3 Å². The second-order valence-electron chi connectivity index (χ2n) is 6.84. The van der Waals surface area contributed by atoms with Crippen LogP contribution in [0.15, 0.2) is 48.5 Å². The van der Waals surface area contributed by atoms with Gasteiger partial charge in [0, 0.05) is 25.7 Å². The molecule has 0 aliphatic carbocycles. The van der Waals surface area contributed by atoms with Crippen LogP contribution in [0.4, 0.5) is 0 Å². The normalized spacial score (nSPS) is 22.2. The minimum absolute atomic E-state index is 0.666. The molecule has 5 rings (SSSR count). The number of para-hydroxylation sites is 1. The van der Waals surface area contributed by atoms with Gasteiger partial charge in [-0.3, -0.25) is 9.80 Å². The Morgan fingerprint density at radius 1 is 1.08 bits per heavy atom. The van der Waals surface area contributed by atoms with Gasteiger partial charge in [-0.25, -0.2) is 4.98 Å². The third-order valence-electron chi connectivity index (χ3n) is 5.10. The lowest BCUT2D eigenvalue weighted by Gasteiger charge is -2.26. The zero-order chi connectivity index (χ0) is 17.3. The molecule has 2 saturated heterocycles. The first-order valence-corrected chi connectivity index (χ1v) is 9.88. The molecular formula is C20H21N3O2S. The summed E-state index contributed by atoms with van der Waals surface area (Å²) in [6.45, 7) is 5.31. The van der Waals surface area contributed by atoms with Crippen LogP contribution in [-0.2, 0) is 0 Å². The molecule has 2 fully saturated rings. The van der Waals surface area contributed by atoms with Crippen molar-refractivity contribution in [1.82, 2.24) is 14.8 Å². The average molecular weight is 367 g/mol. The molecule has 0 saturated carbocycles. The zero-order valence-corrected chi connectivity index (χ0v) is 15.3. The van der Waals surface area contributed by atoms with E-state index in [1.165, 1.54) is 19.5 Å². The molecule has 3 aromatic rings. The molecule has 0 spiro atoms. The van der Waals surface area contributed by atoms with E-state index in [4.69, 9.17) is 9.47 Å². The van der Waals surface area contributed by atoms with Crippen LogP contribution in [0.2, 0.25) is 0 Å². The third kappa shape index (κ3) is 3.28. The van der Waals surface area contributed by atoms with Crippen LogP contribution in [-0.4, -0.2) is 53.7 Å². The molecule has 2 aliphatic heterocycles. The Labute approximate surface area is 156 Å². The van der Waals surface area contributed by atoms with Gasteiger partial charge in [-0.1, -0.05) is 23.5 Å². The highest BCUT2D eigenvalue weighted by Crippen LogP contribution is 2.31. The molecule has 0 N–H and O–H groups in total. The summed E-state index contributed by atoms with van der Waals surface area (Å²) in [6, 6.07) is 16.6. The van der Waals surface area contributed by atoms with Gasteiger partial charge in [0.05, 0.1) is 16.9 Å². The molecular weight excluding hydrogens is 346 g/mol. The highest BCUT2D eigenvalue weighted by atomic mass is 32.1. The van der Waals surface area contributed by atoms with Crippen LogP contribution >= 0.6 is 11.3 Å². The van der Waals surface area contributed by atoms with E-state index in [0.717, 1.165) is 47.6 Å². The third-order valence-corrected chi connectivity index (χ3v) is 6.01. The standard InChI is InChI=1S/C20H21N3O2S/c1-2-4-19-18(3-1)21-20(26-19)25-17-7-5-16(6-8-17)24-12-11-23-14-22-10-9-15(23)13-22/h1-8,15H,9-14H2/t15-/m0/s1. The topological polar surface area (TPSA) is 37.8 Å². The van der Waals surface area contributed by atoms with Crippen LogP contribution < -0.4 is 9.47 Å². The first kappa shape index (κ1) is 16.1. The Bertz CT molecular complexity index is 862. The fraction of sp³-hybridized carbons (Fsp3) is 0.350. The number of ether oxygens (including phenoxy) is 2. The van der Waals surface area contributed by atoms with Crippen LogP contribution in [0, 0.1) is 0 Å². The van der Waals surface area contributed by atoms with E-state index in [9.17, 15) is 0 Å². The molecule has 26 heavy (non-hydrogen) atoms. The maximum Gasteiger partial charge on any atom is 0.279 e. The smallest absolute Gasteiger partial charge is 0.279 e.